The number of carbonyl (C=O) groups is 1. The van der Waals surface area contributed by atoms with Crippen molar-refractivity contribution in [1.29, 1.82) is 0 Å². The average Bonchev–Trinajstić information content (AvgIpc) is 2.29. The van der Waals surface area contributed by atoms with E-state index in [4.69, 9.17) is 0 Å². The molecule has 0 aromatic rings. The van der Waals surface area contributed by atoms with E-state index >= 15 is 0 Å². The zero-order valence-electron chi connectivity index (χ0n) is 10.5. The van der Waals surface area contributed by atoms with Crippen LogP contribution >= 0.6 is 31.9 Å². The summed E-state index contributed by atoms with van der Waals surface area (Å²) in [6, 6.07) is 0. The summed E-state index contributed by atoms with van der Waals surface area (Å²) >= 11 is 6.88. The SMILES string of the molecule is CCCCC(CC)C(=O)NC(C)(CBr)CBr. The molecule has 0 aliphatic heterocycles. The summed E-state index contributed by atoms with van der Waals surface area (Å²) in [6.45, 7) is 6.28. The monoisotopic (exact) mass is 355 g/mol. The van der Waals surface area contributed by atoms with Gasteiger partial charge in [-0.2, -0.15) is 0 Å². The Morgan fingerprint density at radius 3 is 2.25 bits per heavy atom. The third-order valence-corrected chi connectivity index (χ3v) is 5.26. The number of rotatable bonds is 8. The molecule has 0 spiro atoms. The highest BCUT2D eigenvalue weighted by Crippen LogP contribution is 2.17. The lowest BCUT2D eigenvalue weighted by atomic mass is 9.97. The summed E-state index contributed by atoms with van der Waals surface area (Å²) < 4.78 is 0. The van der Waals surface area contributed by atoms with Gasteiger partial charge in [-0.25, -0.2) is 0 Å². The number of amides is 1. The van der Waals surface area contributed by atoms with Crippen LogP contribution in [0.4, 0.5) is 0 Å². The highest BCUT2D eigenvalue weighted by molar-refractivity contribution is 9.09. The molecule has 0 heterocycles. The lowest BCUT2D eigenvalue weighted by molar-refractivity contribution is -0.126. The Morgan fingerprint density at radius 2 is 1.88 bits per heavy atom. The van der Waals surface area contributed by atoms with Gasteiger partial charge < -0.3 is 5.32 Å². The molecule has 16 heavy (non-hydrogen) atoms. The number of halogens is 2. The van der Waals surface area contributed by atoms with E-state index in [1.165, 1.54) is 0 Å². The van der Waals surface area contributed by atoms with Gasteiger partial charge in [0.05, 0.1) is 5.54 Å². The highest BCUT2D eigenvalue weighted by Gasteiger charge is 2.26. The Kier molecular flexibility index (Phi) is 8.74. The highest BCUT2D eigenvalue weighted by atomic mass is 79.9. The van der Waals surface area contributed by atoms with Crippen LogP contribution in [0, 0.1) is 5.92 Å². The van der Waals surface area contributed by atoms with Crippen molar-refractivity contribution in [3.05, 3.63) is 0 Å². The third-order valence-electron chi connectivity index (χ3n) is 2.78. The van der Waals surface area contributed by atoms with Gasteiger partial charge in [-0.3, -0.25) is 4.79 Å². The molecule has 2 nitrogen and oxygen atoms in total. The van der Waals surface area contributed by atoms with Crippen LogP contribution in [0.2, 0.25) is 0 Å². The molecule has 0 aromatic heterocycles. The second kappa shape index (κ2) is 8.51. The summed E-state index contributed by atoms with van der Waals surface area (Å²) in [5, 5.41) is 4.65. The molecule has 0 rings (SSSR count). The van der Waals surface area contributed by atoms with Crippen LogP contribution in [-0.2, 0) is 4.79 Å². The van der Waals surface area contributed by atoms with Gasteiger partial charge in [0.1, 0.15) is 0 Å². The van der Waals surface area contributed by atoms with Crippen LogP contribution < -0.4 is 5.32 Å². The molecule has 0 radical (unpaired) electrons. The zero-order chi connectivity index (χ0) is 12.6. The van der Waals surface area contributed by atoms with Crippen molar-refractivity contribution in [1.82, 2.24) is 5.32 Å². The molecule has 1 atom stereocenters. The van der Waals surface area contributed by atoms with E-state index in [-0.39, 0.29) is 17.4 Å². The van der Waals surface area contributed by atoms with Crippen LogP contribution in [0.3, 0.4) is 0 Å². The predicted molar refractivity (Wildman–Crippen MR) is 77.4 cm³/mol. The van der Waals surface area contributed by atoms with Gasteiger partial charge >= 0.3 is 0 Å². The molecule has 0 fully saturated rings. The van der Waals surface area contributed by atoms with Crippen LogP contribution in [0.25, 0.3) is 0 Å². The van der Waals surface area contributed by atoms with Gasteiger partial charge in [0.2, 0.25) is 5.91 Å². The van der Waals surface area contributed by atoms with Gasteiger partial charge in [-0.1, -0.05) is 58.5 Å². The van der Waals surface area contributed by atoms with E-state index in [2.05, 4.69) is 51.0 Å². The number of alkyl halides is 2. The lowest BCUT2D eigenvalue weighted by Crippen LogP contribution is -2.50. The quantitative estimate of drug-likeness (QED) is 0.657. The van der Waals surface area contributed by atoms with E-state index in [1.54, 1.807) is 0 Å². The molecule has 1 amide bonds. The Hall–Kier alpha value is 0.430. The second-order valence-electron chi connectivity index (χ2n) is 4.56. The molecule has 0 bridgehead atoms. The molecule has 96 valence electrons. The molecule has 4 heteroatoms. The molecule has 1 unspecified atom stereocenters. The summed E-state index contributed by atoms with van der Waals surface area (Å²) in [7, 11) is 0. The van der Waals surface area contributed by atoms with Gasteiger partial charge in [-0.15, -0.1) is 0 Å². The van der Waals surface area contributed by atoms with E-state index in [1.807, 2.05) is 6.92 Å². The van der Waals surface area contributed by atoms with Crippen molar-refractivity contribution in [3.8, 4) is 0 Å². The Morgan fingerprint density at radius 1 is 1.31 bits per heavy atom. The Bertz CT molecular complexity index is 205. The van der Waals surface area contributed by atoms with Gasteiger partial charge in [0.15, 0.2) is 0 Å². The van der Waals surface area contributed by atoms with Crippen molar-refractivity contribution in [2.24, 2.45) is 5.92 Å². The van der Waals surface area contributed by atoms with Crippen molar-refractivity contribution < 1.29 is 4.79 Å². The summed E-state index contributed by atoms with van der Waals surface area (Å²) in [6.07, 6.45) is 4.20. The topological polar surface area (TPSA) is 29.1 Å². The number of nitrogens with one attached hydrogen (secondary N) is 1. The number of unbranched alkanes of at least 4 members (excludes halogenated alkanes) is 1. The standard InChI is InChI=1S/C12H23Br2NO/c1-4-6-7-10(5-2)11(16)15-12(3,8-13)9-14/h10H,4-9H2,1-3H3,(H,15,16). The van der Waals surface area contributed by atoms with E-state index in [9.17, 15) is 4.79 Å². The van der Waals surface area contributed by atoms with Crippen LogP contribution in [0.15, 0.2) is 0 Å². The van der Waals surface area contributed by atoms with Crippen LogP contribution in [0.5, 0.6) is 0 Å². The second-order valence-corrected chi connectivity index (χ2v) is 5.69. The first-order valence-corrected chi connectivity index (χ1v) is 8.21. The first-order chi connectivity index (χ1) is 7.52. The van der Waals surface area contributed by atoms with Crippen molar-refractivity contribution in [3.63, 3.8) is 0 Å². The number of carbonyl (C=O) groups excluding carboxylic acids is 1. The van der Waals surface area contributed by atoms with Crippen molar-refractivity contribution >= 4 is 37.8 Å². The summed E-state index contributed by atoms with van der Waals surface area (Å²) in [4.78, 5) is 12.1. The van der Waals surface area contributed by atoms with Crippen molar-refractivity contribution in [2.45, 2.75) is 52.0 Å². The third kappa shape index (κ3) is 5.67. The van der Waals surface area contributed by atoms with Gasteiger partial charge in [-0.05, 0) is 19.8 Å². The predicted octanol–water partition coefficient (Wildman–Crippen LogP) is 3.87. The first-order valence-electron chi connectivity index (χ1n) is 5.97. The minimum absolute atomic E-state index is 0.164. The molecule has 0 saturated heterocycles. The summed E-state index contributed by atoms with van der Waals surface area (Å²) in [5.74, 6) is 0.356. The normalized spacial score (nSPS) is 13.6. The Balaban J connectivity index is 4.29. The fraction of sp³-hybridized carbons (Fsp3) is 0.917. The molecule has 1 N–H and O–H groups in total. The van der Waals surface area contributed by atoms with E-state index in [0.717, 1.165) is 36.3 Å². The van der Waals surface area contributed by atoms with E-state index < -0.39 is 0 Å². The molecule has 0 aromatic carbocycles. The number of hydrogen-bond donors (Lipinski definition) is 1. The smallest absolute Gasteiger partial charge is 0.223 e. The minimum Gasteiger partial charge on any atom is -0.349 e. The average molecular weight is 357 g/mol. The first kappa shape index (κ1) is 16.4. The maximum Gasteiger partial charge on any atom is 0.223 e. The van der Waals surface area contributed by atoms with Gasteiger partial charge in [0, 0.05) is 16.6 Å². The fourth-order valence-corrected chi connectivity index (χ4v) is 2.68. The zero-order valence-corrected chi connectivity index (χ0v) is 13.7. The fourth-order valence-electron chi connectivity index (χ4n) is 1.47. The van der Waals surface area contributed by atoms with Crippen LogP contribution in [-0.4, -0.2) is 22.1 Å². The lowest BCUT2D eigenvalue weighted by Gasteiger charge is -2.28. The van der Waals surface area contributed by atoms with Gasteiger partial charge in [0.25, 0.3) is 0 Å². The molecule has 0 aliphatic rings. The minimum atomic E-state index is -0.184. The largest absolute Gasteiger partial charge is 0.349 e. The molecule has 0 aliphatic carbocycles. The molecular weight excluding hydrogens is 334 g/mol. The summed E-state index contributed by atoms with van der Waals surface area (Å²) in [5.41, 5.74) is -0.184. The molecular formula is C12H23Br2NO. The van der Waals surface area contributed by atoms with E-state index in [0.29, 0.717) is 0 Å². The molecule has 0 saturated carbocycles. The van der Waals surface area contributed by atoms with Crippen LogP contribution in [0.1, 0.15) is 46.5 Å². The Labute approximate surface area is 116 Å². The maximum atomic E-state index is 12.1. The van der Waals surface area contributed by atoms with Crippen molar-refractivity contribution in [2.75, 3.05) is 10.7 Å². The maximum absolute atomic E-state index is 12.1. The number of hydrogen-bond acceptors (Lipinski definition) is 1.